The smallest absolute Gasteiger partial charge is 0.365 e. The molecule has 0 spiro atoms. The summed E-state index contributed by atoms with van der Waals surface area (Å²) in [6, 6.07) is 22.1. The van der Waals surface area contributed by atoms with Crippen LogP contribution in [0.25, 0.3) is 0 Å². The predicted molar refractivity (Wildman–Crippen MR) is 195 cm³/mol. The lowest BCUT2D eigenvalue weighted by atomic mass is 10.2. The molecule has 1 unspecified atom stereocenters. The Hall–Kier alpha value is -5.33. The molecule has 0 bridgehead atoms. The van der Waals surface area contributed by atoms with E-state index in [1.807, 2.05) is 0 Å². The van der Waals surface area contributed by atoms with Crippen molar-refractivity contribution in [3.05, 3.63) is 102 Å². The van der Waals surface area contributed by atoms with Crippen molar-refractivity contribution >= 4 is 53.0 Å². The molecule has 18 heteroatoms. The van der Waals surface area contributed by atoms with E-state index in [2.05, 4.69) is 4.72 Å². The van der Waals surface area contributed by atoms with Gasteiger partial charge in [0.15, 0.2) is 37.8 Å². The van der Waals surface area contributed by atoms with Crippen molar-refractivity contribution in [3.8, 4) is 17.2 Å². The first-order valence-electron chi connectivity index (χ1n) is 15.8. The number of methoxy groups -OCH3 is 1. The molecule has 0 aliphatic carbocycles. The van der Waals surface area contributed by atoms with Crippen LogP contribution in [0.5, 0.6) is 17.2 Å². The van der Waals surface area contributed by atoms with Gasteiger partial charge in [-0.3, -0.25) is 4.72 Å². The molecular weight excluding hydrogens is 753 g/mol. The van der Waals surface area contributed by atoms with Crippen molar-refractivity contribution in [2.45, 2.75) is 29.1 Å². The molecular formula is C35H38N2O13S3. The maximum atomic E-state index is 13.7. The van der Waals surface area contributed by atoms with Gasteiger partial charge in [0, 0.05) is 6.07 Å². The Kier molecular flexibility index (Phi) is 13.3. The molecule has 0 fully saturated rings. The molecule has 0 saturated carbocycles. The lowest BCUT2D eigenvalue weighted by Gasteiger charge is -2.21. The summed E-state index contributed by atoms with van der Waals surface area (Å²) < 4.78 is 107. The molecule has 3 N–H and O–H groups in total. The van der Waals surface area contributed by atoms with Crippen LogP contribution in [0.2, 0.25) is 0 Å². The number of esters is 2. The van der Waals surface area contributed by atoms with E-state index in [4.69, 9.17) is 29.4 Å². The highest BCUT2D eigenvalue weighted by Crippen LogP contribution is 2.31. The zero-order valence-corrected chi connectivity index (χ0v) is 31.3. The molecule has 284 valence electrons. The number of hydrogen-bond acceptors (Lipinski definition) is 14. The third kappa shape index (κ3) is 10.8. The summed E-state index contributed by atoms with van der Waals surface area (Å²) in [5.41, 5.74) is 4.36. The van der Waals surface area contributed by atoms with E-state index in [1.165, 1.54) is 67.8 Å². The van der Waals surface area contributed by atoms with Gasteiger partial charge in [0.25, 0.3) is 10.0 Å². The van der Waals surface area contributed by atoms with Gasteiger partial charge in [0.1, 0.15) is 19.0 Å². The Labute approximate surface area is 307 Å². The molecule has 53 heavy (non-hydrogen) atoms. The molecule has 15 nitrogen and oxygen atoms in total. The van der Waals surface area contributed by atoms with Crippen LogP contribution in [0.3, 0.4) is 0 Å². The molecule has 0 radical (unpaired) electrons. The molecule has 0 aliphatic rings. The Morgan fingerprint density at radius 3 is 1.79 bits per heavy atom. The zero-order chi connectivity index (χ0) is 38.8. The Balaban J connectivity index is 1.49. The van der Waals surface area contributed by atoms with Crippen molar-refractivity contribution < 1.29 is 58.5 Å². The number of nitrogens with two attached hydrogens (primary N) is 1. The molecule has 1 atom stereocenters. The lowest BCUT2D eigenvalue weighted by molar-refractivity contribution is -0.148. The molecule has 4 aromatic carbocycles. The second-order valence-corrected chi connectivity index (χ2v) is 17.2. The number of carbonyl (C=O) groups excluding carboxylic acids is 2. The zero-order valence-electron chi connectivity index (χ0n) is 28.9. The maximum Gasteiger partial charge on any atom is 0.365 e. The fourth-order valence-electron chi connectivity index (χ4n) is 4.78. The fourth-order valence-corrected chi connectivity index (χ4v) is 8.67. The number of nitrogens with one attached hydrogen (secondary N) is 1. The highest BCUT2D eigenvalue weighted by Gasteiger charge is 2.38. The lowest BCUT2D eigenvalue weighted by Crippen LogP contribution is -2.41. The summed E-state index contributed by atoms with van der Waals surface area (Å²) in [4.78, 5) is 26.0. The highest BCUT2D eigenvalue weighted by molar-refractivity contribution is 7.94. The summed E-state index contributed by atoms with van der Waals surface area (Å²) in [5.74, 6) is -3.78. The normalized spacial score (nSPS) is 12.3. The topological polar surface area (TPSA) is 221 Å². The molecule has 0 heterocycles. The van der Waals surface area contributed by atoms with Crippen LogP contribution < -0.4 is 24.7 Å². The third-order valence-corrected chi connectivity index (χ3v) is 12.5. The minimum atomic E-state index is -4.86. The standard InChI is InChI=1S/C35H38N2O13S3/c1-24-10-4-8-14-31(24)51(40,41)20-18-47-33(38)23-49-29-12-6-7-13-30(29)50-35(53(44,45)37-28-17-16-26(46-3)22-27(28)36)34(39)48-19-21-52(42,43)32-15-9-5-11-25(32)2/h4-17,22,35,37H,18-21,23,36H2,1-3H3. The van der Waals surface area contributed by atoms with Crippen molar-refractivity contribution in [2.75, 3.05) is 48.9 Å². The summed E-state index contributed by atoms with van der Waals surface area (Å²) in [5, 5.41) is 0. The largest absolute Gasteiger partial charge is 0.497 e. The monoisotopic (exact) mass is 790 g/mol. The van der Waals surface area contributed by atoms with Crippen LogP contribution in [0.1, 0.15) is 11.1 Å². The summed E-state index contributed by atoms with van der Waals surface area (Å²) in [6.07, 6.45) is 0. The summed E-state index contributed by atoms with van der Waals surface area (Å²) in [7, 11) is -11.2. The van der Waals surface area contributed by atoms with Gasteiger partial charge in [-0.25, -0.2) is 34.8 Å². The first-order valence-corrected chi connectivity index (χ1v) is 20.6. The number of sulfone groups is 2. The van der Waals surface area contributed by atoms with Crippen LogP contribution in [0, 0.1) is 13.8 Å². The van der Waals surface area contributed by atoms with Gasteiger partial charge < -0.3 is 29.4 Å². The highest BCUT2D eigenvalue weighted by atomic mass is 32.2. The van der Waals surface area contributed by atoms with E-state index in [9.17, 15) is 34.8 Å². The first kappa shape index (κ1) is 40.4. The van der Waals surface area contributed by atoms with Crippen molar-refractivity contribution in [1.29, 1.82) is 0 Å². The summed E-state index contributed by atoms with van der Waals surface area (Å²) >= 11 is 0. The van der Waals surface area contributed by atoms with E-state index in [0.717, 1.165) is 0 Å². The minimum Gasteiger partial charge on any atom is -0.497 e. The van der Waals surface area contributed by atoms with Gasteiger partial charge in [-0.05, 0) is 61.4 Å². The van der Waals surface area contributed by atoms with E-state index in [0.29, 0.717) is 16.9 Å². The number of ether oxygens (including phenoxy) is 5. The first-order chi connectivity index (χ1) is 25.0. The van der Waals surface area contributed by atoms with E-state index in [-0.39, 0.29) is 32.7 Å². The number of para-hydroxylation sites is 2. The average Bonchev–Trinajstić information content (AvgIpc) is 3.10. The molecule has 0 amide bonds. The number of hydrogen-bond donors (Lipinski definition) is 2. The average molecular weight is 791 g/mol. The predicted octanol–water partition coefficient (Wildman–Crippen LogP) is 3.45. The van der Waals surface area contributed by atoms with E-state index < -0.39 is 78.4 Å². The second kappa shape index (κ2) is 17.5. The summed E-state index contributed by atoms with van der Waals surface area (Å²) in [6.45, 7) is 1.30. The molecule has 4 rings (SSSR count). The van der Waals surface area contributed by atoms with Crippen LogP contribution in [0.15, 0.2) is 101 Å². The van der Waals surface area contributed by atoms with Crippen LogP contribution >= 0.6 is 0 Å². The van der Waals surface area contributed by atoms with Gasteiger partial charge in [-0.15, -0.1) is 0 Å². The van der Waals surface area contributed by atoms with Crippen molar-refractivity contribution in [2.24, 2.45) is 0 Å². The van der Waals surface area contributed by atoms with Crippen LogP contribution in [-0.2, 0) is 48.8 Å². The third-order valence-electron chi connectivity index (χ3n) is 7.48. The van der Waals surface area contributed by atoms with Crippen LogP contribution in [0.4, 0.5) is 11.4 Å². The number of nitrogen functional groups attached to an aromatic ring is 1. The van der Waals surface area contributed by atoms with Gasteiger partial charge in [0.05, 0.1) is 39.8 Å². The quantitative estimate of drug-likeness (QED) is 0.109. The van der Waals surface area contributed by atoms with Gasteiger partial charge in [-0.1, -0.05) is 48.5 Å². The van der Waals surface area contributed by atoms with Gasteiger partial charge in [0.2, 0.25) is 0 Å². The van der Waals surface area contributed by atoms with Crippen LogP contribution in [-0.4, -0.2) is 81.1 Å². The molecule has 4 aromatic rings. The fraction of sp³-hybridized carbons (Fsp3) is 0.257. The maximum absolute atomic E-state index is 13.7. The van der Waals surface area contributed by atoms with Crippen molar-refractivity contribution in [1.82, 2.24) is 0 Å². The molecule has 0 saturated heterocycles. The number of sulfonamides is 1. The number of benzene rings is 4. The second-order valence-electron chi connectivity index (χ2n) is 11.3. The number of carbonyl (C=O) groups is 2. The SMILES string of the molecule is COc1ccc(NS(=O)(=O)C(Oc2ccccc2OCC(=O)OCCS(=O)(=O)c2ccccc2C)C(=O)OCCS(=O)(=O)c2ccccc2C)c(N)c1. The van der Waals surface area contributed by atoms with E-state index in [1.54, 1.807) is 44.2 Å². The van der Waals surface area contributed by atoms with Gasteiger partial charge in [-0.2, -0.15) is 0 Å². The van der Waals surface area contributed by atoms with Crippen molar-refractivity contribution in [3.63, 3.8) is 0 Å². The van der Waals surface area contributed by atoms with E-state index >= 15 is 0 Å². The Morgan fingerprint density at radius 2 is 1.25 bits per heavy atom. The molecule has 0 aromatic heterocycles. The number of rotatable bonds is 18. The molecule has 0 aliphatic heterocycles. The number of anilines is 2. The minimum absolute atomic E-state index is 0.0191. The van der Waals surface area contributed by atoms with Gasteiger partial charge >= 0.3 is 17.4 Å². The Bertz CT molecular complexity index is 2280. The Morgan fingerprint density at radius 1 is 0.717 bits per heavy atom. The number of aryl methyl sites for hydroxylation is 2.